The molecule has 1 heterocycles. The Balaban J connectivity index is 2.10. The average Bonchev–Trinajstić information content (AvgIpc) is 3.14. The fraction of sp³-hybridized carbons (Fsp3) is 0.800. The van der Waals surface area contributed by atoms with Crippen LogP contribution in [-0.4, -0.2) is 35.2 Å². The monoisotopic (exact) mass is 313 g/mol. The van der Waals surface area contributed by atoms with Gasteiger partial charge in [-0.1, -0.05) is 6.92 Å². The fourth-order valence-corrected chi connectivity index (χ4v) is 3.05. The molecule has 1 aliphatic rings. The van der Waals surface area contributed by atoms with Crippen LogP contribution < -0.4 is 5.32 Å². The summed E-state index contributed by atoms with van der Waals surface area (Å²) in [5.74, 6) is 0.941. The van der Waals surface area contributed by atoms with E-state index in [0.29, 0.717) is 12.5 Å². The zero-order valence-corrected chi connectivity index (χ0v) is 14.3. The second-order valence-electron chi connectivity index (χ2n) is 6.89. The second kappa shape index (κ2) is 6.08. The van der Waals surface area contributed by atoms with Crippen LogP contribution in [0, 0.1) is 0 Å². The van der Waals surface area contributed by atoms with Crippen LogP contribution >= 0.6 is 0 Å². The van der Waals surface area contributed by atoms with Crippen LogP contribution in [0.25, 0.3) is 0 Å². The van der Waals surface area contributed by atoms with Crippen LogP contribution in [0.15, 0.2) is 6.20 Å². The van der Waals surface area contributed by atoms with Crippen LogP contribution in [0.2, 0.25) is 0 Å². The minimum Gasteiger partial charge on any atom is -0.308 e. The highest BCUT2D eigenvalue weighted by molar-refractivity contribution is 7.91. The fourth-order valence-electron chi connectivity index (χ4n) is 2.31. The van der Waals surface area contributed by atoms with E-state index in [-0.39, 0.29) is 17.0 Å². The molecule has 0 radical (unpaired) electrons. The zero-order chi connectivity index (χ0) is 15.7. The van der Waals surface area contributed by atoms with Crippen molar-refractivity contribution >= 4 is 9.84 Å². The average molecular weight is 313 g/mol. The van der Waals surface area contributed by atoms with Crippen molar-refractivity contribution in [2.75, 3.05) is 11.5 Å². The summed E-state index contributed by atoms with van der Waals surface area (Å²) in [6, 6.07) is 0. The molecule has 0 unspecified atom stereocenters. The standard InChI is InChI=1S/C15H27N3O2S/c1-5-21(19,20)9-8-18-14(12-6-7-12)13(11-17-18)10-16-15(2,3)4/h11-12,16H,5-10H2,1-4H3. The van der Waals surface area contributed by atoms with E-state index in [9.17, 15) is 8.42 Å². The van der Waals surface area contributed by atoms with Gasteiger partial charge in [-0.15, -0.1) is 0 Å². The third-order valence-corrected chi connectivity index (χ3v) is 5.47. The maximum atomic E-state index is 11.7. The molecule has 1 aromatic rings. The number of aromatic nitrogens is 2. The van der Waals surface area contributed by atoms with Gasteiger partial charge in [0.15, 0.2) is 9.84 Å². The Morgan fingerprint density at radius 3 is 2.57 bits per heavy atom. The van der Waals surface area contributed by atoms with Gasteiger partial charge in [-0.3, -0.25) is 4.68 Å². The first-order valence-corrected chi connectivity index (χ1v) is 9.54. The summed E-state index contributed by atoms with van der Waals surface area (Å²) in [6.45, 7) is 9.37. The molecule has 120 valence electrons. The summed E-state index contributed by atoms with van der Waals surface area (Å²) in [4.78, 5) is 0. The van der Waals surface area contributed by atoms with Crippen molar-refractivity contribution in [3.63, 3.8) is 0 Å². The minimum atomic E-state index is -2.94. The van der Waals surface area contributed by atoms with E-state index in [4.69, 9.17) is 0 Å². The molecule has 0 saturated heterocycles. The molecule has 21 heavy (non-hydrogen) atoms. The molecule has 0 aromatic carbocycles. The van der Waals surface area contributed by atoms with Crippen molar-refractivity contribution in [1.29, 1.82) is 0 Å². The van der Waals surface area contributed by atoms with Crippen LogP contribution in [0.3, 0.4) is 0 Å². The van der Waals surface area contributed by atoms with Gasteiger partial charge in [0.1, 0.15) is 0 Å². The van der Waals surface area contributed by atoms with Crippen molar-refractivity contribution in [3.05, 3.63) is 17.5 Å². The second-order valence-corrected chi connectivity index (χ2v) is 9.37. The van der Waals surface area contributed by atoms with E-state index in [1.165, 1.54) is 24.1 Å². The first-order chi connectivity index (χ1) is 9.72. The van der Waals surface area contributed by atoms with Crippen molar-refractivity contribution < 1.29 is 8.42 Å². The molecule has 1 saturated carbocycles. The molecule has 6 heteroatoms. The van der Waals surface area contributed by atoms with Gasteiger partial charge in [0.05, 0.1) is 18.5 Å². The number of aryl methyl sites for hydroxylation is 1. The smallest absolute Gasteiger partial charge is 0.151 e. The Kier molecular flexibility index (Phi) is 4.78. The van der Waals surface area contributed by atoms with E-state index in [2.05, 4.69) is 31.2 Å². The molecule has 5 nitrogen and oxygen atoms in total. The number of hydrogen-bond donors (Lipinski definition) is 1. The van der Waals surface area contributed by atoms with Crippen molar-refractivity contribution in [3.8, 4) is 0 Å². The van der Waals surface area contributed by atoms with Crippen molar-refractivity contribution in [1.82, 2.24) is 15.1 Å². The normalized spacial score (nSPS) is 16.4. The lowest BCUT2D eigenvalue weighted by Crippen LogP contribution is -2.35. The highest BCUT2D eigenvalue weighted by atomic mass is 32.2. The molecule has 1 fully saturated rings. The van der Waals surface area contributed by atoms with Crippen molar-refractivity contribution in [2.45, 2.75) is 65.1 Å². The van der Waals surface area contributed by atoms with E-state index >= 15 is 0 Å². The maximum absolute atomic E-state index is 11.7. The summed E-state index contributed by atoms with van der Waals surface area (Å²) in [5, 5.41) is 7.91. The van der Waals surface area contributed by atoms with E-state index in [0.717, 1.165) is 6.54 Å². The van der Waals surface area contributed by atoms with Gasteiger partial charge in [0, 0.05) is 35.0 Å². The minimum absolute atomic E-state index is 0.0640. The van der Waals surface area contributed by atoms with Gasteiger partial charge >= 0.3 is 0 Å². The molecule has 1 N–H and O–H groups in total. The lowest BCUT2D eigenvalue weighted by molar-refractivity contribution is 0.423. The van der Waals surface area contributed by atoms with E-state index < -0.39 is 9.84 Å². The number of rotatable bonds is 7. The number of nitrogens with zero attached hydrogens (tertiary/aromatic N) is 2. The molecule has 0 aliphatic heterocycles. The van der Waals surface area contributed by atoms with Crippen LogP contribution in [0.5, 0.6) is 0 Å². The lowest BCUT2D eigenvalue weighted by Gasteiger charge is -2.20. The summed E-state index contributed by atoms with van der Waals surface area (Å²) in [5.41, 5.74) is 2.51. The van der Waals surface area contributed by atoms with E-state index in [1.807, 2.05) is 10.9 Å². The Labute approximate surface area is 128 Å². The Hall–Kier alpha value is -0.880. The predicted octanol–water partition coefficient (Wildman–Crippen LogP) is 2.08. The topological polar surface area (TPSA) is 64.0 Å². The third kappa shape index (κ3) is 4.81. The molecule has 2 rings (SSSR count). The van der Waals surface area contributed by atoms with Gasteiger partial charge < -0.3 is 5.32 Å². The largest absolute Gasteiger partial charge is 0.308 e. The molecular weight excluding hydrogens is 286 g/mol. The Morgan fingerprint density at radius 2 is 2.05 bits per heavy atom. The SMILES string of the molecule is CCS(=O)(=O)CCn1ncc(CNC(C)(C)C)c1C1CC1. The zero-order valence-electron chi connectivity index (χ0n) is 13.5. The molecule has 0 amide bonds. The summed E-state index contributed by atoms with van der Waals surface area (Å²) in [7, 11) is -2.94. The van der Waals surface area contributed by atoms with Gasteiger partial charge in [-0.2, -0.15) is 5.10 Å². The quantitative estimate of drug-likeness (QED) is 0.837. The molecular formula is C15H27N3O2S. The van der Waals surface area contributed by atoms with E-state index in [1.54, 1.807) is 6.92 Å². The first-order valence-electron chi connectivity index (χ1n) is 7.72. The highest BCUT2D eigenvalue weighted by Crippen LogP contribution is 2.41. The number of hydrogen-bond acceptors (Lipinski definition) is 4. The van der Waals surface area contributed by atoms with Crippen LogP contribution in [0.1, 0.15) is 57.7 Å². The first kappa shape index (κ1) is 16.5. The molecule has 0 spiro atoms. The van der Waals surface area contributed by atoms with Gasteiger partial charge in [0.25, 0.3) is 0 Å². The predicted molar refractivity (Wildman–Crippen MR) is 85.1 cm³/mol. The van der Waals surface area contributed by atoms with Crippen LogP contribution in [0.4, 0.5) is 0 Å². The van der Waals surface area contributed by atoms with Crippen molar-refractivity contribution in [2.24, 2.45) is 0 Å². The summed E-state index contributed by atoms with van der Waals surface area (Å²) in [6.07, 6.45) is 4.27. The van der Waals surface area contributed by atoms with Gasteiger partial charge in [-0.05, 0) is 33.6 Å². The lowest BCUT2D eigenvalue weighted by atomic mass is 10.1. The molecule has 1 aromatic heterocycles. The molecule has 1 aliphatic carbocycles. The summed E-state index contributed by atoms with van der Waals surface area (Å²) >= 11 is 0. The third-order valence-electron chi connectivity index (χ3n) is 3.79. The maximum Gasteiger partial charge on any atom is 0.151 e. The molecule has 0 bridgehead atoms. The Morgan fingerprint density at radius 1 is 1.38 bits per heavy atom. The summed E-state index contributed by atoms with van der Waals surface area (Å²) < 4.78 is 25.3. The Bertz CT molecular complexity index is 581. The number of nitrogens with one attached hydrogen (secondary N) is 1. The van der Waals surface area contributed by atoms with Gasteiger partial charge in [-0.25, -0.2) is 8.42 Å². The van der Waals surface area contributed by atoms with Gasteiger partial charge in [0.2, 0.25) is 0 Å². The molecule has 0 atom stereocenters. The highest BCUT2D eigenvalue weighted by Gasteiger charge is 2.30. The van der Waals surface area contributed by atoms with Crippen LogP contribution in [-0.2, 0) is 22.9 Å². The number of sulfone groups is 1.